The van der Waals surface area contributed by atoms with Crippen molar-refractivity contribution in [3.63, 3.8) is 0 Å². The molecule has 1 aromatic carbocycles. The maximum absolute atomic E-state index is 13.5. The summed E-state index contributed by atoms with van der Waals surface area (Å²) in [4.78, 5) is 0. The largest absolute Gasteiger partial charge is 0.312 e. The second-order valence-corrected chi connectivity index (χ2v) is 6.04. The molecule has 6 heteroatoms. The lowest BCUT2D eigenvalue weighted by Crippen LogP contribution is -2.18. The van der Waals surface area contributed by atoms with Crippen LogP contribution in [0, 0.1) is 11.6 Å². The molecule has 1 rings (SSSR count). The van der Waals surface area contributed by atoms with Gasteiger partial charge in [0.05, 0.1) is 4.47 Å². The highest BCUT2D eigenvalue weighted by Gasteiger charge is 2.11. The quantitative estimate of drug-likeness (QED) is 0.643. The average molecular weight is 326 g/mol. The van der Waals surface area contributed by atoms with Gasteiger partial charge in [-0.3, -0.25) is 4.21 Å². The Balaban J connectivity index is 2.46. The summed E-state index contributed by atoms with van der Waals surface area (Å²) in [6.07, 6.45) is 2.36. The molecule has 1 atom stereocenters. The molecule has 2 nitrogen and oxygen atoms in total. The Morgan fingerprint density at radius 3 is 2.76 bits per heavy atom. The Labute approximate surface area is 110 Å². The zero-order chi connectivity index (χ0) is 12.8. The second kappa shape index (κ2) is 7.18. The molecule has 0 radical (unpaired) electrons. The molecule has 96 valence electrons. The molecule has 0 aliphatic heterocycles. The first-order valence-electron chi connectivity index (χ1n) is 5.15. The van der Waals surface area contributed by atoms with Gasteiger partial charge in [0.2, 0.25) is 0 Å². The van der Waals surface area contributed by atoms with Crippen molar-refractivity contribution in [3.8, 4) is 0 Å². The Morgan fingerprint density at radius 1 is 1.41 bits per heavy atom. The third-order valence-corrected chi connectivity index (χ3v) is 3.70. The van der Waals surface area contributed by atoms with Crippen LogP contribution < -0.4 is 5.32 Å². The monoisotopic (exact) mass is 325 g/mol. The zero-order valence-electron chi connectivity index (χ0n) is 9.43. The van der Waals surface area contributed by atoms with E-state index in [9.17, 15) is 13.0 Å². The van der Waals surface area contributed by atoms with E-state index in [-0.39, 0.29) is 16.6 Å². The summed E-state index contributed by atoms with van der Waals surface area (Å²) in [5.74, 6) is -0.537. The minimum atomic E-state index is -0.822. The van der Waals surface area contributed by atoms with Crippen LogP contribution in [0.4, 0.5) is 8.78 Å². The summed E-state index contributed by atoms with van der Waals surface area (Å²) in [7, 11) is -0.822. The van der Waals surface area contributed by atoms with Crippen molar-refractivity contribution >= 4 is 26.7 Å². The van der Waals surface area contributed by atoms with Crippen molar-refractivity contribution in [2.45, 2.75) is 13.0 Å². The van der Waals surface area contributed by atoms with Gasteiger partial charge in [0.15, 0.2) is 0 Å². The topological polar surface area (TPSA) is 29.1 Å². The van der Waals surface area contributed by atoms with Crippen LogP contribution >= 0.6 is 15.9 Å². The van der Waals surface area contributed by atoms with Crippen molar-refractivity contribution < 1.29 is 13.0 Å². The van der Waals surface area contributed by atoms with Crippen LogP contribution in [-0.2, 0) is 17.3 Å². The second-order valence-electron chi connectivity index (χ2n) is 3.63. The highest BCUT2D eigenvalue weighted by molar-refractivity contribution is 9.10. The highest BCUT2D eigenvalue weighted by Crippen LogP contribution is 2.21. The van der Waals surface area contributed by atoms with Gasteiger partial charge in [0.25, 0.3) is 0 Å². The zero-order valence-corrected chi connectivity index (χ0v) is 11.8. The fraction of sp³-hybridized carbons (Fsp3) is 0.455. The average Bonchev–Trinajstić information content (AvgIpc) is 2.27. The number of halogens is 3. The summed E-state index contributed by atoms with van der Waals surface area (Å²) >= 11 is 3.01. The van der Waals surface area contributed by atoms with Gasteiger partial charge in [-0.25, -0.2) is 8.78 Å². The van der Waals surface area contributed by atoms with Crippen LogP contribution in [0.25, 0.3) is 0 Å². The minimum Gasteiger partial charge on any atom is -0.312 e. The van der Waals surface area contributed by atoms with Crippen LogP contribution in [0.2, 0.25) is 0 Å². The lowest BCUT2D eigenvalue weighted by molar-refractivity contribution is 0.531. The maximum Gasteiger partial charge on any atom is 0.144 e. The van der Waals surface area contributed by atoms with Crippen LogP contribution in [0.3, 0.4) is 0 Å². The van der Waals surface area contributed by atoms with Gasteiger partial charge in [-0.1, -0.05) is 0 Å². The van der Waals surface area contributed by atoms with Gasteiger partial charge in [-0.15, -0.1) is 0 Å². The summed E-state index contributed by atoms with van der Waals surface area (Å²) < 4.78 is 37.9. The molecule has 0 aromatic heterocycles. The van der Waals surface area contributed by atoms with Gasteiger partial charge in [-0.05, 0) is 41.0 Å². The van der Waals surface area contributed by atoms with Crippen LogP contribution in [0.5, 0.6) is 0 Å². The molecule has 0 saturated carbocycles. The molecule has 0 amide bonds. The van der Waals surface area contributed by atoms with Crippen LogP contribution in [0.1, 0.15) is 12.0 Å². The molecule has 0 saturated heterocycles. The van der Waals surface area contributed by atoms with Crippen molar-refractivity contribution in [1.29, 1.82) is 0 Å². The van der Waals surface area contributed by atoms with Gasteiger partial charge in [-0.2, -0.15) is 0 Å². The third kappa shape index (κ3) is 4.81. The summed E-state index contributed by atoms with van der Waals surface area (Å²) in [6, 6.07) is 2.57. The van der Waals surface area contributed by atoms with Crippen molar-refractivity contribution in [1.82, 2.24) is 5.32 Å². The fourth-order valence-electron chi connectivity index (χ4n) is 1.34. The number of hydrogen-bond donors (Lipinski definition) is 1. The van der Waals surface area contributed by atoms with Gasteiger partial charge < -0.3 is 5.32 Å². The summed E-state index contributed by atoms with van der Waals surface area (Å²) in [6.45, 7) is 0.721. The Morgan fingerprint density at radius 2 is 2.12 bits per heavy atom. The summed E-state index contributed by atoms with van der Waals surface area (Å²) in [5.41, 5.74) is 0.0250. The molecule has 0 aliphatic rings. The molecule has 0 bridgehead atoms. The molecular formula is C11H14BrF2NOS. The predicted octanol–water partition coefficient (Wildman–Crippen LogP) is 2.59. The first kappa shape index (κ1) is 14.7. The fourth-order valence-corrected chi connectivity index (χ4v) is 2.27. The van der Waals surface area contributed by atoms with Crippen LogP contribution in [-0.4, -0.2) is 22.8 Å². The van der Waals surface area contributed by atoms with Crippen molar-refractivity contribution in [2.75, 3.05) is 18.6 Å². The van der Waals surface area contributed by atoms with Crippen molar-refractivity contribution in [3.05, 3.63) is 33.8 Å². The number of rotatable bonds is 6. The van der Waals surface area contributed by atoms with Gasteiger partial charge in [0, 0.05) is 34.9 Å². The predicted molar refractivity (Wildman–Crippen MR) is 69.3 cm³/mol. The van der Waals surface area contributed by atoms with Gasteiger partial charge >= 0.3 is 0 Å². The lowest BCUT2D eigenvalue weighted by Gasteiger charge is -2.07. The van der Waals surface area contributed by atoms with Crippen LogP contribution in [0.15, 0.2) is 16.6 Å². The minimum absolute atomic E-state index is 0.0250. The van der Waals surface area contributed by atoms with Crippen molar-refractivity contribution in [2.24, 2.45) is 0 Å². The molecule has 0 spiro atoms. The van der Waals surface area contributed by atoms with Gasteiger partial charge in [0.1, 0.15) is 11.6 Å². The molecule has 0 aliphatic carbocycles. The molecule has 1 unspecified atom stereocenters. The number of nitrogens with one attached hydrogen (secondary N) is 1. The van der Waals surface area contributed by atoms with E-state index in [1.807, 2.05) is 0 Å². The van der Waals surface area contributed by atoms with E-state index >= 15 is 0 Å². The molecular weight excluding hydrogens is 312 g/mol. The number of hydrogen-bond acceptors (Lipinski definition) is 2. The highest BCUT2D eigenvalue weighted by atomic mass is 79.9. The molecule has 0 fully saturated rings. The smallest absolute Gasteiger partial charge is 0.144 e. The molecule has 0 heterocycles. The van der Waals surface area contributed by atoms with E-state index in [0.717, 1.165) is 6.42 Å². The summed E-state index contributed by atoms with van der Waals surface area (Å²) in [5, 5.41) is 2.93. The first-order chi connectivity index (χ1) is 8.02. The Hall–Kier alpha value is -0.330. The first-order valence-corrected chi connectivity index (χ1v) is 7.67. The van der Waals surface area contributed by atoms with E-state index in [2.05, 4.69) is 21.2 Å². The Kier molecular flexibility index (Phi) is 6.22. The van der Waals surface area contributed by atoms with E-state index in [1.54, 1.807) is 6.26 Å². The number of benzene rings is 1. The lowest BCUT2D eigenvalue weighted by atomic mass is 10.2. The molecule has 17 heavy (non-hydrogen) atoms. The van der Waals surface area contributed by atoms with E-state index in [1.165, 1.54) is 12.1 Å². The Bertz CT molecular complexity index is 415. The normalized spacial score (nSPS) is 12.7. The SMILES string of the molecule is CS(=O)CCCNCc1c(F)ccc(Br)c1F. The standard InChI is InChI=1S/C11H14BrF2NOS/c1-17(16)6-2-5-15-7-8-10(13)4-3-9(12)11(8)14/h3-4,15H,2,5-7H2,1H3. The van der Waals surface area contributed by atoms with E-state index < -0.39 is 22.4 Å². The third-order valence-electron chi connectivity index (χ3n) is 2.23. The molecule has 1 N–H and O–H groups in total. The van der Waals surface area contributed by atoms with E-state index in [0.29, 0.717) is 12.3 Å². The molecule has 1 aromatic rings. The van der Waals surface area contributed by atoms with E-state index in [4.69, 9.17) is 0 Å². The maximum atomic E-state index is 13.5.